The Morgan fingerprint density at radius 3 is 2.25 bits per heavy atom. The summed E-state index contributed by atoms with van der Waals surface area (Å²) in [5.41, 5.74) is 0. The van der Waals surface area contributed by atoms with E-state index in [0.717, 1.165) is 0 Å². The van der Waals surface area contributed by atoms with Crippen LogP contribution < -0.4 is 0 Å². The third kappa shape index (κ3) is 1.73. The van der Waals surface area contributed by atoms with Gasteiger partial charge in [-0.2, -0.15) is 12.6 Å². The van der Waals surface area contributed by atoms with Crippen molar-refractivity contribution in [1.29, 1.82) is 0 Å². The summed E-state index contributed by atoms with van der Waals surface area (Å²) < 4.78 is 4.75. The standard InChI is InChI=1S/C6H12O5S/c7-1-2-5(12)3(8)4(9)6(10)11-2/h2-10,12H,1H2/t2-,3-,4-,5+,6?/m1/s1. The zero-order valence-electron chi connectivity index (χ0n) is 6.24. The van der Waals surface area contributed by atoms with Gasteiger partial charge in [-0.15, -0.1) is 0 Å². The maximum absolute atomic E-state index is 9.24. The van der Waals surface area contributed by atoms with Crippen molar-refractivity contribution in [3.8, 4) is 0 Å². The molecule has 0 spiro atoms. The molecule has 0 amide bonds. The van der Waals surface area contributed by atoms with Gasteiger partial charge in [-0.1, -0.05) is 0 Å². The molecule has 5 atom stereocenters. The highest BCUT2D eigenvalue weighted by atomic mass is 32.1. The largest absolute Gasteiger partial charge is 0.394 e. The lowest BCUT2D eigenvalue weighted by atomic mass is 10.0. The van der Waals surface area contributed by atoms with Crippen molar-refractivity contribution in [2.24, 2.45) is 0 Å². The molecule has 0 saturated carbocycles. The Bertz CT molecular complexity index is 150. The second kappa shape index (κ2) is 3.91. The zero-order chi connectivity index (χ0) is 9.30. The van der Waals surface area contributed by atoms with Crippen molar-refractivity contribution in [2.45, 2.75) is 29.9 Å². The molecule has 5 nitrogen and oxygen atoms in total. The molecular formula is C6H12O5S. The van der Waals surface area contributed by atoms with E-state index in [-0.39, 0.29) is 6.61 Å². The van der Waals surface area contributed by atoms with E-state index >= 15 is 0 Å². The highest BCUT2D eigenvalue weighted by Gasteiger charge is 2.41. The lowest BCUT2D eigenvalue weighted by molar-refractivity contribution is -0.248. The van der Waals surface area contributed by atoms with Crippen molar-refractivity contribution in [3.05, 3.63) is 0 Å². The van der Waals surface area contributed by atoms with Crippen LogP contribution in [0, 0.1) is 0 Å². The van der Waals surface area contributed by atoms with Gasteiger partial charge >= 0.3 is 0 Å². The predicted octanol–water partition coefficient (Wildman–Crippen LogP) is -2.28. The van der Waals surface area contributed by atoms with Crippen LogP contribution in [-0.2, 0) is 4.74 Å². The van der Waals surface area contributed by atoms with Gasteiger partial charge in [0.05, 0.1) is 24.1 Å². The summed E-state index contributed by atoms with van der Waals surface area (Å²) in [6.07, 6.45) is -4.76. The molecule has 72 valence electrons. The monoisotopic (exact) mass is 196 g/mol. The van der Waals surface area contributed by atoms with Crippen molar-refractivity contribution in [1.82, 2.24) is 0 Å². The van der Waals surface area contributed by atoms with Crippen molar-refractivity contribution in [3.63, 3.8) is 0 Å². The fraction of sp³-hybridized carbons (Fsp3) is 1.00. The molecule has 0 bridgehead atoms. The molecule has 12 heavy (non-hydrogen) atoms. The molecule has 1 saturated heterocycles. The summed E-state index contributed by atoms with van der Waals surface area (Å²) in [7, 11) is 0. The maximum atomic E-state index is 9.24. The number of aliphatic hydroxyl groups is 4. The summed E-state index contributed by atoms with van der Waals surface area (Å²) in [4.78, 5) is 0. The van der Waals surface area contributed by atoms with Gasteiger partial charge in [-0.25, -0.2) is 0 Å². The maximum Gasteiger partial charge on any atom is 0.183 e. The molecule has 0 aliphatic carbocycles. The fourth-order valence-electron chi connectivity index (χ4n) is 1.08. The normalized spacial score (nSPS) is 49.2. The van der Waals surface area contributed by atoms with E-state index in [4.69, 9.17) is 20.1 Å². The Kier molecular flexibility index (Phi) is 3.33. The fourth-order valence-corrected chi connectivity index (χ4v) is 1.42. The minimum atomic E-state index is -1.46. The Labute approximate surface area is 75.0 Å². The first kappa shape index (κ1) is 10.2. The van der Waals surface area contributed by atoms with Crippen molar-refractivity contribution < 1.29 is 25.2 Å². The number of aliphatic hydroxyl groups excluding tert-OH is 4. The quantitative estimate of drug-likeness (QED) is 0.305. The highest BCUT2D eigenvalue weighted by Crippen LogP contribution is 2.23. The summed E-state index contributed by atoms with van der Waals surface area (Å²) >= 11 is 3.93. The average Bonchev–Trinajstić information content (AvgIpc) is 2.08. The Morgan fingerprint density at radius 1 is 1.17 bits per heavy atom. The minimum Gasteiger partial charge on any atom is -0.394 e. The van der Waals surface area contributed by atoms with Crippen LogP contribution in [0.5, 0.6) is 0 Å². The highest BCUT2D eigenvalue weighted by molar-refractivity contribution is 7.81. The third-order valence-electron chi connectivity index (χ3n) is 1.87. The van der Waals surface area contributed by atoms with Gasteiger partial charge in [0, 0.05) is 0 Å². The molecular weight excluding hydrogens is 184 g/mol. The number of ether oxygens (including phenoxy) is 1. The average molecular weight is 196 g/mol. The second-order valence-electron chi connectivity index (χ2n) is 2.72. The van der Waals surface area contributed by atoms with Crippen LogP contribution in [0.2, 0.25) is 0 Å². The number of hydrogen-bond acceptors (Lipinski definition) is 6. The van der Waals surface area contributed by atoms with Gasteiger partial charge in [0.25, 0.3) is 0 Å². The molecule has 1 fully saturated rings. The molecule has 0 aromatic carbocycles. The van der Waals surface area contributed by atoms with Crippen LogP contribution in [0.25, 0.3) is 0 Å². The lowest BCUT2D eigenvalue weighted by Crippen LogP contribution is -2.56. The molecule has 4 N–H and O–H groups in total. The molecule has 0 aromatic rings. The Morgan fingerprint density at radius 2 is 1.75 bits per heavy atom. The summed E-state index contributed by atoms with van der Waals surface area (Å²) in [5, 5.41) is 35.3. The SMILES string of the molecule is OC[C@H]1OC(O)[C@H](O)[C@@H](O)[C@H]1S. The van der Waals surface area contributed by atoms with Gasteiger partial charge in [0.1, 0.15) is 6.10 Å². The number of hydrogen-bond donors (Lipinski definition) is 5. The van der Waals surface area contributed by atoms with Gasteiger partial charge in [0.2, 0.25) is 0 Å². The molecule has 6 heteroatoms. The lowest BCUT2D eigenvalue weighted by Gasteiger charge is -2.37. The Hall–Kier alpha value is 0.150. The molecule has 1 rings (SSSR count). The van der Waals surface area contributed by atoms with Crippen LogP contribution >= 0.6 is 12.6 Å². The first-order valence-corrected chi connectivity index (χ1v) is 4.08. The van der Waals surface area contributed by atoms with Gasteiger partial charge < -0.3 is 25.2 Å². The first-order valence-electron chi connectivity index (χ1n) is 3.56. The van der Waals surface area contributed by atoms with E-state index in [1.54, 1.807) is 0 Å². The van der Waals surface area contributed by atoms with Gasteiger partial charge in [-0.3, -0.25) is 0 Å². The zero-order valence-corrected chi connectivity index (χ0v) is 7.13. The van der Waals surface area contributed by atoms with E-state index in [2.05, 4.69) is 12.6 Å². The molecule has 0 aromatic heterocycles. The van der Waals surface area contributed by atoms with Gasteiger partial charge in [-0.05, 0) is 0 Å². The molecule has 1 aliphatic rings. The Balaban J connectivity index is 2.63. The van der Waals surface area contributed by atoms with Crippen molar-refractivity contribution >= 4 is 12.6 Å². The van der Waals surface area contributed by atoms with Crippen LogP contribution in [-0.4, -0.2) is 56.9 Å². The van der Waals surface area contributed by atoms with Crippen LogP contribution in [0.15, 0.2) is 0 Å². The van der Waals surface area contributed by atoms with E-state index in [9.17, 15) is 5.11 Å². The smallest absolute Gasteiger partial charge is 0.183 e. The molecule has 1 heterocycles. The summed E-state index contributed by atoms with van der Waals surface area (Å²) in [6, 6.07) is 0. The van der Waals surface area contributed by atoms with Crippen LogP contribution in [0.1, 0.15) is 0 Å². The van der Waals surface area contributed by atoms with E-state index < -0.39 is 29.9 Å². The summed E-state index contributed by atoms with van der Waals surface area (Å²) in [5.74, 6) is 0. The second-order valence-corrected chi connectivity index (χ2v) is 3.32. The number of rotatable bonds is 1. The van der Waals surface area contributed by atoms with Crippen molar-refractivity contribution in [2.75, 3.05) is 6.61 Å². The van der Waals surface area contributed by atoms with E-state index in [0.29, 0.717) is 0 Å². The molecule has 1 unspecified atom stereocenters. The molecule has 0 radical (unpaired) electrons. The third-order valence-corrected chi connectivity index (χ3v) is 2.51. The predicted molar refractivity (Wildman–Crippen MR) is 42.8 cm³/mol. The molecule has 1 aliphatic heterocycles. The van der Waals surface area contributed by atoms with Gasteiger partial charge in [0.15, 0.2) is 6.29 Å². The summed E-state index contributed by atoms with van der Waals surface area (Å²) in [6.45, 7) is -0.352. The van der Waals surface area contributed by atoms with Crippen LogP contribution in [0.3, 0.4) is 0 Å². The minimum absolute atomic E-state index is 0.352. The first-order chi connectivity index (χ1) is 5.57. The van der Waals surface area contributed by atoms with Crippen LogP contribution in [0.4, 0.5) is 0 Å². The van der Waals surface area contributed by atoms with E-state index in [1.165, 1.54) is 0 Å². The number of thiol groups is 1. The topological polar surface area (TPSA) is 90.2 Å². The van der Waals surface area contributed by atoms with E-state index in [1.807, 2.05) is 0 Å².